The first-order valence-corrected chi connectivity index (χ1v) is 8.99. The van der Waals surface area contributed by atoms with Crippen molar-refractivity contribution in [3.8, 4) is 0 Å². The average Bonchev–Trinajstić information content (AvgIpc) is 2.97. The zero-order chi connectivity index (χ0) is 17.2. The molecule has 2 N–H and O–H groups in total. The molecule has 1 aromatic carbocycles. The van der Waals surface area contributed by atoms with Crippen molar-refractivity contribution in [1.29, 1.82) is 0 Å². The minimum atomic E-state index is 0.485. The van der Waals surface area contributed by atoms with Gasteiger partial charge in [0.15, 0.2) is 5.65 Å². The second kappa shape index (κ2) is 6.70. The molecule has 130 valence electrons. The van der Waals surface area contributed by atoms with Crippen LogP contribution in [0.2, 0.25) is 0 Å². The first-order valence-electron chi connectivity index (χ1n) is 8.99. The fraction of sp³-hybridized carbons (Fsp3) is 0.421. The minimum absolute atomic E-state index is 0.485. The maximum atomic E-state index is 4.75. The average molecular weight is 336 g/mol. The Kier molecular flexibility index (Phi) is 4.26. The molecular weight excluding hydrogens is 312 g/mol. The van der Waals surface area contributed by atoms with E-state index < -0.39 is 0 Å². The molecule has 4 rings (SSSR count). The summed E-state index contributed by atoms with van der Waals surface area (Å²) in [6.07, 6.45) is 8.15. The molecule has 6 nitrogen and oxygen atoms in total. The molecule has 2 aromatic heterocycles. The summed E-state index contributed by atoms with van der Waals surface area (Å²) in [5.74, 6) is 1.47. The summed E-state index contributed by atoms with van der Waals surface area (Å²) >= 11 is 0. The molecule has 0 spiro atoms. The summed E-state index contributed by atoms with van der Waals surface area (Å²) in [5.41, 5.74) is 3.03. The van der Waals surface area contributed by atoms with E-state index in [1.165, 1.54) is 37.7 Å². The number of benzene rings is 1. The van der Waals surface area contributed by atoms with Crippen molar-refractivity contribution in [2.75, 3.05) is 10.6 Å². The lowest BCUT2D eigenvalue weighted by Gasteiger charge is -2.23. The van der Waals surface area contributed by atoms with Gasteiger partial charge in [0.05, 0.1) is 11.6 Å². The smallest absolute Gasteiger partial charge is 0.231 e. The van der Waals surface area contributed by atoms with E-state index in [-0.39, 0.29) is 0 Å². The monoisotopic (exact) mass is 336 g/mol. The molecular formula is C19H24N6. The highest BCUT2D eigenvalue weighted by molar-refractivity contribution is 5.87. The van der Waals surface area contributed by atoms with Crippen molar-refractivity contribution >= 4 is 28.5 Å². The highest BCUT2D eigenvalue weighted by atomic mass is 15.3. The van der Waals surface area contributed by atoms with Gasteiger partial charge in [0.25, 0.3) is 0 Å². The van der Waals surface area contributed by atoms with Crippen LogP contribution in [0.3, 0.4) is 0 Å². The number of hydrogen-bond acceptors (Lipinski definition) is 5. The summed E-state index contributed by atoms with van der Waals surface area (Å²) in [4.78, 5) is 9.40. The topological polar surface area (TPSA) is 67.7 Å². The lowest BCUT2D eigenvalue weighted by molar-refractivity contribution is 0.462. The van der Waals surface area contributed by atoms with Gasteiger partial charge in [-0.25, -0.2) is 0 Å². The number of aromatic nitrogens is 4. The van der Waals surface area contributed by atoms with Crippen LogP contribution in [-0.2, 0) is 7.05 Å². The maximum absolute atomic E-state index is 4.75. The van der Waals surface area contributed by atoms with Crippen molar-refractivity contribution in [2.24, 2.45) is 7.05 Å². The Hall–Kier alpha value is -2.63. The third-order valence-electron chi connectivity index (χ3n) is 4.81. The Labute approximate surface area is 147 Å². The molecule has 0 saturated heterocycles. The van der Waals surface area contributed by atoms with E-state index in [9.17, 15) is 0 Å². The molecule has 0 bridgehead atoms. The van der Waals surface area contributed by atoms with Gasteiger partial charge < -0.3 is 10.6 Å². The van der Waals surface area contributed by atoms with Gasteiger partial charge in [0, 0.05) is 18.8 Å². The molecule has 1 fully saturated rings. The fourth-order valence-corrected chi connectivity index (χ4v) is 3.48. The van der Waals surface area contributed by atoms with Gasteiger partial charge in [-0.15, -0.1) is 0 Å². The zero-order valence-corrected chi connectivity index (χ0v) is 14.8. The maximum Gasteiger partial charge on any atom is 0.231 e. The minimum Gasteiger partial charge on any atom is -0.367 e. The lowest BCUT2D eigenvalue weighted by Crippen LogP contribution is -2.23. The van der Waals surface area contributed by atoms with Crippen molar-refractivity contribution < 1.29 is 0 Å². The number of fused-ring (bicyclic) bond motifs is 1. The van der Waals surface area contributed by atoms with Crippen molar-refractivity contribution in [3.63, 3.8) is 0 Å². The number of nitrogens with one attached hydrogen (secondary N) is 2. The van der Waals surface area contributed by atoms with Crippen LogP contribution in [0.25, 0.3) is 11.0 Å². The van der Waals surface area contributed by atoms with Crippen LogP contribution in [0.5, 0.6) is 0 Å². The molecule has 6 heteroatoms. The van der Waals surface area contributed by atoms with Gasteiger partial charge in [0.1, 0.15) is 5.82 Å². The highest BCUT2D eigenvalue weighted by Crippen LogP contribution is 2.27. The van der Waals surface area contributed by atoms with Crippen molar-refractivity contribution in [1.82, 2.24) is 19.7 Å². The van der Waals surface area contributed by atoms with Crippen LogP contribution in [-0.4, -0.2) is 25.8 Å². The summed E-state index contributed by atoms with van der Waals surface area (Å²) in [5, 5.41) is 12.3. The third-order valence-corrected chi connectivity index (χ3v) is 4.81. The number of nitrogens with zero attached hydrogens (tertiary/aromatic N) is 4. The second-order valence-corrected chi connectivity index (χ2v) is 6.88. The SMILES string of the molecule is Cc1cccc(Nc2nc(NC3CCCCC3)c3cnn(C)c3n2)c1. The zero-order valence-electron chi connectivity index (χ0n) is 14.8. The summed E-state index contributed by atoms with van der Waals surface area (Å²) in [7, 11) is 1.91. The Morgan fingerprint density at radius 1 is 1.12 bits per heavy atom. The molecule has 0 atom stereocenters. The Morgan fingerprint density at radius 2 is 1.96 bits per heavy atom. The fourth-order valence-electron chi connectivity index (χ4n) is 3.48. The van der Waals surface area contributed by atoms with Gasteiger partial charge in [-0.05, 0) is 37.5 Å². The predicted octanol–water partition coefficient (Wildman–Crippen LogP) is 4.16. The van der Waals surface area contributed by atoms with E-state index >= 15 is 0 Å². The number of hydrogen-bond donors (Lipinski definition) is 2. The standard InChI is InChI=1S/C19H24N6/c1-13-7-6-10-15(11-13)22-19-23-17(21-14-8-4-3-5-9-14)16-12-20-25(2)18(16)24-19/h6-7,10-12,14H,3-5,8-9H2,1-2H3,(H2,21,22,23,24). The van der Waals surface area contributed by atoms with Crippen LogP contribution in [0.1, 0.15) is 37.7 Å². The Bertz CT molecular complexity index is 879. The Morgan fingerprint density at radius 3 is 2.76 bits per heavy atom. The van der Waals surface area contributed by atoms with Crippen LogP contribution in [0, 0.1) is 6.92 Å². The summed E-state index contributed by atoms with van der Waals surface area (Å²) in [6.45, 7) is 2.08. The second-order valence-electron chi connectivity index (χ2n) is 6.88. The van der Waals surface area contributed by atoms with Gasteiger partial charge in [-0.2, -0.15) is 15.1 Å². The summed E-state index contributed by atoms with van der Waals surface area (Å²) in [6, 6.07) is 8.70. The first-order chi connectivity index (χ1) is 12.2. The van der Waals surface area contributed by atoms with Crippen LogP contribution in [0.4, 0.5) is 17.5 Å². The molecule has 0 unspecified atom stereocenters. The number of anilines is 3. The highest BCUT2D eigenvalue weighted by Gasteiger charge is 2.17. The van der Waals surface area contributed by atoms with E-state index in [4.69, 9.17) is 4.98 Å². The van der Waals surface area contributed by atoms with Crippen LogP contribution >= 0.6 is 0 Å². The molecule has 2 heterocycles. The molecule has 1 aliphatic carbocycles. The van der Waals surface area contributed by atoms with E-state index in [0.29, 0.717) is 12.0 Å². The van der Waals surface area contributed by atoms with E-state index in [1.807, 2.05) is 25.4 Å². The van der Waals surface area contributed by atoms with E-state index in [1.54, 1.807) is 4.68 Å². The third kappa shape index (κ3) is 3.43. The molecule has 0 aliphatic heterocycles. The molecule has 1 aliphatic rings. The molecule has 3 aromatic rings. The molecule has 1 saturated carbocycles. The Balaban J connectivity index is 1.68. The summed E-state index contributed by atoms with van der Waals surface area (Å²) < 4.78 is 1.80. The van der Waals surface area contributed by atoms with Gasteiger partial charge in [-0.1, -0.05) is 31.4 Å². The quantitative estimate of drug-likeness (QED) is 0.749. The van der Waals surface area contributed by atoms with E-state index in [0.717, 1.165) is 22.5 Å². The molecule has 0 radical (unpaired) electrons. The van der Waals surface area contributed by atoms with Crippen molar-refractivity contribution in [3.05, 3.63) is 36.0 Å². The van der Waals surface area contributed by atoms with Crippen LogP contribution < -0.4 is 10.6 Å². The number of aryl methyl sites for hydroxylation is 2. The van der Waals surface area contributed by atoms with Crippen LogP contribution in [0.15, 0.2) is 30.5 Å². The normalized spacial score (nSPS) is 15.4. The molecule has 25 heavy (non-hydrogen) atoms. The largest absolute Gasteiger partial charge is 0.367 e. The first kappa shape index (κ1) is 15.9. The predicted molar refractivity (Wildman–Crippen MR) is 101 cm³/mol. The number of rotatable bonds is 4. The van der Waals surface area contributed by atoms with Gasteiger partial charge in [-0.3, -0.25) is 4.68 Å². The van der Waals surface area contributed by atoms with E-state index in [2.05, 4.69) is 39.8 Å². The van der Waals surface area contributed by atoms with Gasteiger partial charge in [0.2, 0.25) is 5.95 Å². The van der Waals surface area contributed by atoms with Crippen molar-refractivity contribution in [2.45, 2.75) is 45.1 Å². The molecule has 0 amide bonds. The lowest BCUT2D eigenvalue weighted by atomic mass is 9.95. The van der Waals surface area contributed by atoms with Gasteiger partial charge >= 0.3 is 0 Å².